The third-order valence-electron chi connectivity index (χ3n) is 5.85. The van der Waals surface area contributed by atoms with Crippen molar-refractivity contribution in [3.63, 3.8) is 0 Å². The zero-order chi connectivity index (χ0) is 23.4. The van der Waals surface area contributed by atoms with Crippen molar-refractivity contribution >= 4 is 11.8 Å². The maximum absolute atomic E-state index is 13.8. The molecule has 3 aromatic rings. The SMILES string of the molecule is Cc1ccc(SCc2c(C(C)C)cc(C(C)C)c(CCO)c2-c2ccc(F)cc2O)cc1. The molecule has 0 atom stereocenters. The second-order valence-corrected chi connectivity index (χ2v) is 9.98. The van der Waals surface area contributed by atoms with Gasteiger partial charge in [0.25, 0.3) is 0 Å². The molecule has 0 unspecified atom stereocenters. The number of aromatic hydroxyl groups is 1. The molecule has 0 radical (unpaired) electrons. The largest absolute Gasteiger partial charge is 0.507 e. The standard InChI is InChI=1S/C28H33FO2S/c1-17(2)24-15-25(18(3)4)26(16-32-21-9-6-19(5)7-10-21)28(22(24)12-13-30)23-11-8-20(29)14-27(23)31/h6-11,14-15,17-18,30-31H,12-13,16H2,1-5H3. The van der Waals surface area contributed by atoms with E-state index in [1.165, 1.54) is 33.7 Å². The molecule has 0 bridgehead atoms. The molecule has 0 aliphatic heterocycles. The molecule has 0 fully saturated rings. The van der Waals surface area contributed by atoms with Gasteiger partial charge in [0.2, 0.25) is 0 Å². The van der Waals surface area contributed by atoms with Crippen molar-refractivity contribution in [2.75, 3.05) is 6.61 Å². The summed E-state index contributed by atoms with van der Waals surface area (Å²) < 4.78 is 13.8. The van der Waals surface area contributed by atoms with Gasteiger partial charge in [-0.1, -0.05) is 51.5 Å². The van der Waals surface area contributed by atoms with Gasteiger partial charge in [-0.2, -0.15) is 0 Å². The highest BCUT2D eigenvalue weighted by molar-refractivity contribution is 7.98. The van der Waals surface area contributed by atoms with Gasteiger partial charge < -0.3 is 10.2 Å². The van der Waals surface area contributed by atoms with Crippen molar-refractivity contribution in [3.8, 4) is 16.9 Å². The van der Waals surface area contributed by atoms with Gasteiger partial charge in [-0.15, -0.1) is 11.8 Å². The summed E-state index contributed by atoms with van der Waals surface area (Å²) in [6.07, 6.45) is 0.486. The molecule has 0 spiro atoms. The predicted octanol–water partition coefficient (Wildman–Crippen LogP) is 7.58. The average molecular weight is 453 g/mol. The summed E-state index contributed by atoms with van der Waals surface area (Å²) in [6.45, 7) is 10.7. The Hall–Kier alpha value is -2.30. The average Bonchev–Trinajstić information content (AvgIpc) is 2.73. The van der Waals surface area contributed by atoms with E-state index < -0.39 is 5.82 Å². The lowest BCUT2D eigenvalue weighted by Crippen LogP contribution is -2.09. The highest BCUT2D eigenvalue weighted by Gasteiger charge is 2.23. The first-order valence-corrected chi connectivity index (χ1v) is 12.2. The molecule has 32 heavy (non-hydrogen) atoms. The number of rotatable bonds is 8. The van der Waals surface area contributed by atoms with Crippen LogP contribution in [-0.4, -0.2) is 16.8 Å². The lowest BCUT2D eigenvalue weighted by Gasteiger charge is -2.26. The van der Waals surface area contributed by atoms with E-state index >= 15 is 0 Å². The molecule has 0 aliphatic carbocycles. The van der Waals surface area contributed by atoms with Crippen molar-refractivity contribution in [2.24, 2.45) is 0 Å². The Kier molecular flexibility index (Phi) is 8.02. The fourth-order valence-electron chi connectivity index (χ4n) is 4.21. The number of aliphatic hydroxyl groups excluding tert-OH is 1. The van der Waals surface area contributed by atoms with Gasteiger partial charge in [0.1, 0.15) is 11.6 Å². The van der Waals surface area contributed by atoms with Crippen molar-refractivity contribution in [1.82, 2.24) is 0 Å². The number of halogens is 1. The number of hydrogen-bond acceptors (Lipinski definition) is 3. The number of hydrogen-bond donors (Lipinski definition) is 2. The second-order valence-electron chi connectivity index (χ2n) is 8.93. The van der Waals surface area contributed by atoms with E-state index in [0.29, 0.717) is 12.0 Å². The summed E-state index contributed by atoms with van der Waals surface area (Å²) >= 11 is 1.75. The number of benzene rings is 3. The van der Waals surface area contributed by atoms with Crippen LogP contribution < -0.4 is 0 Å². The normalized spacial score (nSPS) is 11.5. The van der Waals surface area contributed by atoms with Crippen LogP contribution >= 0.6 is 11.8 Å². The predicted molar refractivity (Wildman–Crippen MR) is 133 cm³/mol. The van der Waals surface area contributed by atoms with Crippen LogP contribution in [0.4, 0.5) is 4.39 Å². The Balaban J connectivity index is 2.27. The van der Waals surface area contributed by atoms with Crippen molar-refractivity contribution in [2.45, 2.75) is 63.5 Å². The lowest BCUT2D eigenvalue weighted by atomic mass is 9.80. The number of phenolic OH excluding ortho intramolecular Hbond substituents is 1. The first kappa shape index (κ1) is 24.3. The topological polar surface area (TPSA) is 40.5 Å². The summed E-state index contributed by atoms with van der Waals surface area (Å²) in [5, 5.41) is 20.6. The molecular weight excluding hydrogens is 419 g/mol. The van der Waals surface area contributed by atoms with Gasteiger partial charge in [-0.3, -0.25) is 0 Å². The number of aliphatic hydroxyl groups is 1. The van der Waals surface area contributed by atoms with E-state index in [1.54, 1.807) is 17.8 Å². The Morgan fingerprint density at radius 3 is 2.06 bits per heavy atom. The minimum atomic E-state index is -0.463. The van der Waals surface area contributed by atoms with Crippen molar-refractivity contribution in [3.05, 3.63) is 82.2 Å². The minimum Gasteiger partial charge on any atom is -0.507 e. The number of phenols is 1. The second kappa shape index (κ2) is 10.5. The first-order valence-electron chi connectivity index (χ1n) is 11.2. The molecule has 3 rings (SSSR count). The van der Waals surface area contributed by atoms with Crippen LogP contribution in [-0.2, 0) is 12.2 Å². The van der Waals surface area contributed by atoms with Crippen LogP contribution in [0.25, 0.3) is 11.1 Å². The molecule has 170 valence electrons. The van der Waals surface area contributed by atoms with Crippen molar-refractivity contribution < 1.29 is 14.6 Å². The summed E-state index contributed by atoms with van der Waals surface area (Å²) in [5.74, 6) is 0.732. The molecule has 0 saturated heterocycles. The molecule has 0 amide bonds. The van der Waals surface area contributed by atoms with Gasteiger partial charge in [-0.05, 0) is 77.3 Å². The van der Waals surface area contributed by atoms with Gasteiger partial charge >= 0.3 is 0 Å². The summed E-state index contributed by atoms with van der Waals surface area (Å²) in [6, 6.07) is 15.0. The molecule has 3 aromatic carbocycles. The van der Waals surface area contributed by atoms with Gasteiger partial charge in [0.05, 0.1) is 0 Å². The maximum Gasteiger partial charge on any atom is 0.126 e. The lowest BCUT2D eigenvalue weighted by molar-refractivity contribution is 0.299. The summed E-state index contributed by atoms with van der Waals surface area (Å²) in [5.41, 5.74) is 7.36. The molecule has 0 aromatic heterocycles. The fourth-order valence-corrected chi connectivity index (χ4v) is 5.16. The van der Waals surface area contributed by atoms with Crippen LogP contribution in [0.15, 0.2) is 53.4 Å². The molecule has 0 aliphatic rings. The summed E-state index contributed by atoms with van der Waals surface area (Å²) in [7, 11) is 0. The van der Waals surface area contributed by atoms with E-state index in [0.717, 1.165) is 22.4 Å². The van der Waals surface area contributed by atoms with E-state index in [9.17, 15) is 14.6 Å². The van der Waals surface area contributed by atoms with Crippen LogP contribution in [0.1, 0.15) is 67.3 Å². The van der Waals surface area contributed by atoms with Gasteiger partial charge in [0.15, 0.2) is 0 Å². The molecule has 0 saturated carbocycles. The Labute approximate surface area is 195 Å². The van der Waals surface area contributed by atoms with E-state index in [-0.39, 0.29) is 24.2 Å². The van der Waals surface area contributed by atoms with Crippen LogP contribution in [0.5, 0.6) is 5.75 Å². The van der Waals surface area contributed by atoms with E-state index in [1.807, 2.05) is 0 Å². The smallest absolute Gasteiger partial charge is 0.126 e. The fraction of sp³-hybridized carbons (Fsp3) is 0.357. The quantitative estimate of drug-likeness (QED) is 0.346. The third kappa shape index (κ3) is 5.36. The zero-order valence-corrected chi connectivity index (χ0v) is 20.4. The van der Waals surface area contributed by atoms with Gasteiger partial charge in [-0.25, -0.2) is 4.39 Å². The number of aryl methyl sites for hydroxylation is 1. The highest BCUT2D eigenvalue weighted by Crippen LogP contribution is 2.44. The molecule has 0 heterocycles. The highest BCUT2D eigenvalue weighted by atomic mass is 32.2. The molecular formula is C28H33FO2S. The molecule has 2 nitrogen and oxygen atoms in total. The Bertz CT molecular complexity index is 1070. The van der Waals surface area contributed by atoms with Crippen LogP contribution in [0.2, 0.25) is 0 Å². The zero-order valence-electron chi connectivity index (χ0n) is 19.6. The number of thioether (sulfide) groups is 1. The maximum atomic E-state index is 13.8. The molecule has 2 N–H and O–H groups in total. The third-order valence-corrected chi connectivity index (χ3v) is 6.89. The minimum absolute atomic E-state index is 0.0141. The first-order chi connectivity index (χ1) is 15.2. The van der Waals surface area contributed by atoms with Crippen LogP contribution in [0.3, 0.4) is 0 Å². The Morgan fingerprint density at radius 2 is 1.50 bits per heavy atom. The van der Waals surface area contributed by atoms with Crippen LogP contribution in [0, 0.1) is 12.7 Å². The van der Waals surface area contributed by atoms with Crippen molar-refractivity contribution in [1.29, 1.82) is 0 Å². The monoisotopic (exact) mass is 452 g/mol. The van der Waals surface area contributed by atoms with Gasteiger partial charge in [0, 0.05) is 28.9 Å². The summed E-state index contributed by atoms with van der Waals surface area (Å²) in [4.78, 5) is 1.18. The Morgan fingerprint density at radius 1 is 0.875 bits per heavy atom. The van der Waals surface area contributed by atoms with E-state index in [4.69, 9.17) is 0 Å². The van der Waals surface area contributed by atoms with E-state index in [2.05, 4.69) is 65.0 Å². The molecule has 4 heteroatoms.